The van der Waals surface area contributed by atoms with E-state index in [-0.39, 0.29) is 31.9 Å². The van der Waals surface area contributed by atoms with Crippen LogP contribution in [0.15, 0.2) is 194 Å². The van der Waals surface area contributed by atoms with Gasteiger partial charge in [-0.05, 0) is 62.7 Å². The predicted molar refractivity (Wildman–Crippen MR) is 278 cm³/mol. The Morgan fingerprint density at radius 1 is 0.500 bits per heavy atom. The van der Waals surface area contributed by atoms with Crippen LogP contribution in [0.1, 0.15) is 52.7 Å². The third kappa shape index (κ3) is 8.20. The van der Waals surface area contributed by atoms with E-state index in [1.54, 1.807) is 0 Å². The molecule has 5 nitrogen and oxygen atoms in total. The standard InChI is InChI=1S/C62H51N4O.Pt/c1-61(2,3)45-35-46(64-41-65(57-32-19-18-31-56(57)64)60-49(42-21-10-7-11-22-42)28-20-29-50(60)43-23-12-8-13-24-43)37-48(36-45)67-47-33-34-52-51-27-16-17-30-55(51)66(58(52)38-47)59-39-54(62(4,5)6)53(40-63-59)44-25-14-9-15-26-44;/h7-36,39-41H,1-6H3;/q-3;. The van der Waals surface area contributed by atoms with Gasteiger partial charge in [0.25, 0.3) is 0 Å². The Labute approximate surface area is 414 Å². The van der Waals surface area contributed by atoms with Crippen LogP contribution in [0.2, 0.25) is 0 Å². The van der Waals surface area contributed by atoms with Crippen LogP contribution >= 0.6 is 0 Å². The zero-order valence-electron chi connectivity index (χ0n) is 39.1. The van der Waals surface area contributed by atoms with Gasteiger partial charge in [0.05, 0.1) is 0 Å². The van der Waals surface area contributed by atoms with Crippen molar-refractivity contribution in [2.24, 2.45) is 0 Å². The van der Waals surface area contributed by atoms with Gasteiger partial charge < -0.3 is 19.1 Å². The SMILES string of the molecule is CC(C)(C)c1cc(Oc2[c-]c3c(cc2)c2ccccc2n3-c2cc(C(C)(C)C)c(-c3ccccc3)cn2)[c-]c(N2[CH-]N(c3c(-c4ccccc4)cccc3-c3ccccc3)c3ccccc32)c1.[Pt]. The Morgan fingerprint density at radius 2 is 1.07 bits per heavy atom. The zero-order valence-corrected chi connectivity index (χ0v) is 41.3. The number of rotatable bonds is 8. The topological polar surface area (TPSA) is 33.5 Å². The van der Waals surface area contributed by atoms with Crippen molar-refractivity contribution in [3.05, 3.63) is 224 Å². The molecule has 8 aromatic carbocycles. The largest absolute Gasteiger partial charge is 0.509 e. The monoisotopic (exact) mass is 1060 g/mol. The number of fused-ring (bicyclic) bond motifs is 4. The molecule has 11 rings (SSSR count). The Balaban J connectivity index is 0.00000539. The van der Waals surface area contributed by atoms with Crippen molar-refractivity contribution in [2.75, 3.05) is 9.80 Å². The van der Waals surface area contributed by atoms with Gasteiger partial charge in [0.15, 0.2) is 0 Å². The quantitative estimate of drug-likeness (QED) is 0.142. The second-order valence-electron chi connectivity index (χ2n) is 19.4. The first-order chi connectivity index (χ1) is 32.5. The molecule has 338 valence electrons. The van der Waals surface area contributed by atoms with Crippen molar-refractivity contribution in [3.63, 3.8) is 0 Å². The summed E-state index contributed by atoms with van der Waals surface area (Å²) in [6, 6.07) is 73.8. The maximum absolute atomic E-state index is 6.92. The first kappa shape index (κ1) is 44.6. The molecule has 0 unspecified atom stereocenters. The van der Waals surface area contributed by atoms with Crippen molar-refractivity contribution in [2.45, 2.75) is 52.4 Å². The number of aromatic nitrogens is 2. The molecule has 0 fully saturated rings. The Bertz CT molecular complexity index is 3380. The van der Waals surface area contributed by atoms with E-state index in [0.717, 1.165) is 89.3 Å². The molecule has 0 amide bonds. The molecule has 10 aromatic rings. The molecule has 68 heavy (non-hydrogen) atoms. The Hall–Kier alpha value is -7.20. The third-order valence-corrected chi connectivity index (χ3v) is 12.8. The molecule has 0 saturated heterocycles. The van der Waals surface area contributed by atoms with Gasteiger partial charge in [-0.15, -0.1) is 53.6 Å². The van der Waals surface area contributed by atoms with Crippen LogP contribution < -0.4 is 14.5 Å². The molecule has 6 heteroatoms. The number of ether oxygens (including phenoxy) is 1. The number of anilines is 4. The molecule has 0 saturated carbocycles. The molecule has 1 aliphatic heterocycles. The molecule has 3 heterocycles. The molecule has 0 spiro atoms. The van der Waals surface area contributed by atoms with Gasteiger partial charge >= 0.3 is 0 Å². The molecule has 1 aliphatic rings. The number of hydrogen-bond donors (Lipinski definition) is 0. The van der Waals surface area contributed by atoms with Crippen LogP contribution in [-0.4, -0.2) is 9.55 Å². The second kappa shape index (κ2) is 17.8. The summed E-state index contributed by atoms with van der Waals surface area (Å²) in [6.07, 6.45) is 2.03. The van der Waals surface area contributed by atoms with Crippen LogP contribution in [0.5, 0.6) is 11.5 Å². The van der Waals surface area contributed by atoms with Crippen LogP contribution in [0.3, 0.4) is 0 Å². The van der Waals surface area contributed by atoms with Crippen molar-refractivity contribution >= 4 is 44.6 Å². The number of benzene rings is 8. The van der Waals surface area contributed by atoms with Gasteiger partial charge in [-0.1, -0.05) is 187 Å². The van der Waals surface area contributed by atoms with Gasteiger partial charge in [-0.2, -0.15) is 6.07 Å². The molecular formula is C62H51N4OPt-3. The molecule has 0 bridgehead atoms. The minimum Gasteiger partial charge on any atom is -0.509 e. The summed E-state index contributed by atoms with van der Waals surface area (Å²) < 4.78 is 9.14. The fourth-order valence-corrected chi connectivity index (χ4v) is 9.46. The first-order valence-corrected chi connectivity index (χ1v) is 23.0. The number of pyridine rings is 1. The van der Waals surface area contributed by atoms with Crippen LogP contribution in [0, 0.1) is 18.8 Å². The summed E-state index contributed by atoms with van der Waals surface area (Å²) >= 11 is 0. The number of hydrogen-bond acceptors (Lipinski definition) is 4. The average Bonchev–Trinajstić information content (AvgIpc) is 3.90. The Morgan fingerprint density at radius 3 is 1.69 bits per heavy atom. The van der Waals surface area contributed by atoms with E-state index in [0.29, 0.717) is 11.5 Å². The van der Waals surface area contributed by atoms with Gasteiger partial charge in [0.1, 0.15) is 5.82 Å². The Kier molecular flexibility index (Phi) is 11.7. The first-order valence-electron chi connectivity index (χ1n) is 23.0. The molecule has 0 radical (unpaired) electrons. The summed E-state index contributed by atoms with van der Waals surface area (Å²) in [7, 11) is 0. The van der Waals surface area contributed by atoms with E-state index in [1.807, 2.05) is 12.3 Å². The molecule has 0 aliphatic carbocycles. The molecule has 0 atom stereocenters. The number of nitrogens with zero attached hydrogens (tertiary/aromatic N) is 4. The van der Waals surface area contributed by atoms with Gasteiger partial charge in [0.2, 0.25) is 0 Å². The summed E-state index contributed by atoms with van der Waals surface area (Å²) in [4.78, 5) is 9.74. The van der Waals surface area contributed by atoms with Crippen molar-refractivity contribution in [1.29, 1.82) is 0 Å². The molecular weight excluding hydrogens is 1010 g/mol. The average molecular weight is 1060 g/mol. The smallest absolute Gasteiger partial charge is 0.135 e. The van der Waals surface area contributed by atoms with Crippen LogP contribution in [0.4, 0.5) is 22.7 Å². The predicted octanol–water partition coefficient (Wildman–Crippen LogP) is 16.6. The second-order valence-corrected chi connectivity index (χ2v) is 19.4. The van der Waals surface area contributed by atoms with E-state index in [2.05, 4.69) is 257 Å². The summed E-state index contributed by atoms with van der Waals surface area (Å²) in [5.41, 5.74) is 15.0. The summed E-state index contributed by atoms with van der Waals surface area (Å²) in [5.74, 6) is 2.04. The van der Waals surface area contributed by atoms with E-state index in [4.69, 9.17) is 9.72 Å². The number of para-hydroxylation sites is 4. The molecule has 0 N–H and O–H groups in total. The third-order valence-electron chi connectivity index (χ3n) is 12.8. The minimum atomic E-state index is -0.191. The maximum Gasteiger partial charge on any atom is 0.135 e. The van der Waals surface area contributed by atoms with E-state index < -0.39 is 0 Å². The van der Waals surface area contributed by atoms with E-state index >= 15 is 0 Å². The van der Waals surface area contributed by atoms with Crippen LogP contribution in [-0.2, 0) is 31.9 Å². The summed E-state index contributed by atoms with van der Waals surface area (Å²) in [6.45, 7) is 15.7. The van der Waals surface area contributed by atoms with Gasteiger partial charge in [-0.3, -0.25) is 0 Å². The maximum atomic E-state index is 6.92. The normalized spacial score (nSPS) is 12.6. The summed E-state index contributed by atoms with van der Waals surface area (Å²) in [5, 5.41) is 2.21. The zero-order chi connectivity index (χ0) is 45.9. The fraction of sp³-hybridized carbons (Fsp3) is 0.129. The minimum absolute atomic E-state index is 0. The van der Waals surface area contributed by atoms with E-state index in [9.17, 15) is 0 Å². The van der Waals surface area contributed by atoms with Gasteiger partial charge in [-0.25, -0.2) is 4.98 Å². The van der Waals surface area contributed by atoms with Crippen LogP contribution in [0.25, 0.3) is 61.0 Å². The molecule has 2 aromatic heterocycles. The van der Waals surface area contributed by atoms with Crippen molar-refractivity contribution in [1.82, 2.24) is 9.55 Å². The van der Waals surface area contributed by atoms with Crippen molar-refractivity contribution in [3.8, 4) is 50.7 Å². The van der Waals surface area contributed by atoms with E-state index in [1.165, 1.54) is 5.56 Å². The van der Waals surface area contributed by atoms with Crippen molar-refractivity contribution < 1.29 is 25.8 Å². The van der Waals surface area contributed by atoms with Gasteiger partial charge in [0, 0.05) is 78.0 Å². The fourth-order valence-electron chi connectivity index (χ4n) is 9.46.